The van der Waals surface area contributed by atoms with Crippen LogP contribution in [0.2, 0.25) is 0 Å². The van der Waals surface area contributed by atoms with Gasteiger partial charge in [0.1, 0.15) is 0 Å². The molecule has 2 unspecified atom stereocenters. The molecule has 230 valence electrons. The highest BCUT2D eigenvalue weighted by Crippen LogP contribution is 2.49. The molecule has 0 bridgehead atoms. The van der Waals surface area contributed by atoms with Gasteiger partial charge < -0.3 is 0 Å². The van der Waals surface area contributed by atoms with E-state index in [2.05, 4.69) is 184 Å². The maximum Gasteiger partial charge on any atom is 0.0698 e. The van der Waals surface area contributed by atoms with Gasteiger partial charge in [-0.25, -0.2) is 0 Å². The molecule has 0 aromatic heterocycles. The molecule has 0 spiro atoms. The Hall–Kier alpha value is -5.20. The zero-order chi connectivity index (χ0) is 32.2. The van der Waals surface area contributed by atoms with Gasteiger partial charge in [0.05, 0.1) is 5.41 Å². The van der Waals surface area contributed by atoms with Gasteiger partial charge in [-0.15, -0.1) is 0 Å². The van der Waals surface area contributed by atoms with Crippen molar-refractivity contribution in [2.24, 2.45) is 11.8 Å². The summed E-state index contributed by atoms with van der Waals surface area (Å²) in [5.74, 6) is 0.617. The summed E-state index contributed by atoms with van der Waals surface area (Å²) in [6, 6.07) is 40.1. The monoisotopic (exact) mass is 606 g/mol. The second-order valence-corrected chi connectivity index (χ2v) is 12.8. The van der Waals surface area contributed by atoms with Crippen LogP contribution in [0, 0.1) is 18.8 Å². The Kier molecular flexibility index (Phi) is 8.60. The van der Waals surface area contributed by atoms with Gasteiger partial charge in [-0.1, -0.05) is 182 Å². The lowest BCUT2D eigenvalue weighted by molar-refractivity contribution is 0.703. The molecule has 0 nitrogen and oxygen atoms in total. The van der Waals surface area contributed by atoms with Crippen LogP contribution in [0.3, 0.4) is 0 Å². The standard InChI is InChI=1S/C47H42/c1-4-6-17-37(5-2)47(38-18-9-7-10-19-38,39-20-11-8-12-21-39)40-32-30-36(31-33-40)46-43-24-15-13-22-41(43)45(35-28-26-34(3)27-29-35)42-23-14-16-25-44(42)46/h4-22,24-30,32-33,36,42H,2,23,31H2,1,3H3/b6-4-,37-17+. The van der Waals surface area contributed by atoms with E-state index in [0.717, 1.165) is 18.4 Å². The van der Waals surface area contributed by atoms with Crippen LogP contribution in [0.1, 0.15) is 42.0 Å². The molecule has 0 N–H and O–H groups in total. The van der Waals surface area contributed by atoms with Crippen LogP contribution >= 0.6 is 0 Å². The number of rotatable bonds is 8. The molecule has 0 amide bonds. The SMILES string of the molecule is C=C/C(=C\C=C/C)C(C1=CCC(C2=c3ccccc3=C(c3ccc(C)cc3)C3CC=CC=C23)C=C1)(c1ccccc1)c1ccccc1. The second-order valence-electron chi connectivity index (χ2n) is 12.8. The van der Waals surface area contributed by atoms with E-state index in [9.17, 15) is 0 Å². The van der Waals surface area contributed by atoms with E-state index in [1.54, 1.807) is 0 Å². The van der Waals surface area contributed by atoms with E-state index >= 15 is 0 Å². The zero-order valence-electron chi connectivity index (χ0n) is 27.4. The summed E-state index contributed by atoms with van der Waals surface area (Å²) < 4.78 is 0. The third-order valence-electron chi connectivity index (χ3n) is 10.1. The van der Waals surface area contributed by atoms with Crippen molar-refractivity contribution >= 4 is 11.1 Å². The van der Waals surface area contributed by atoms with Gasteiger partial charge >= 0.3 is 0 Å². The van der Waals surface area contributed by atoms with Crippen LogP contribution < -0.4 is 10.4 Å². The normalized spacial score (nSPS) is 19.2. The van der Waals surface area contributed by atoms with E-state index in [1.807, 2.05) is 6.08 Å². The van der Waals surface area contributed by atoms with Crippen LogP contribution in [-0.2, 0) is 5.41 Å². The summed E-state index contributed by atoms with van der Waals surface area (Å²) >= 11 is 0. The molecule has 0 heteroatoms. The van der Waals surface area contributed by atoms with Gasteiger partial charge in [-0.2, -0.15) is 0 Å². The zero-order valence-corrected chi connectivity index (χ0v) is 27.4. The van der Waals surface area contributed by atoms with Crippen molar-refractivity contribution in [2.45, 2.75) is 32.1 Å². The first-order valence-corrected chi connectivity index (χ1v) is 16.9. The number of benzene rings is 4. The highest BCUT2D eigenvalue weighted by Gasteiger charge is 2.41. The number of aryl methyl sites for hydroxylation is 1. The van der Waals surface area contributed by atoms with Crippen molar-refractivity contribution in [3.05, 3.63) is 226 Å². The summed E-state index contributed by atoms with van der Waals surface area (Å²) in [5.41, 5.74) is 11.4. The van der Waals surface area contributed by atoms with Gasteiger partial charge in [0.15, 0.2) is 0 Å². The van der Waals surface area contributed by atoms with Crippen molar-refractivity contribution in [1.82, 2.24) is 0 Å². The third kappa shape index (κ3) is 5.38. The summed E-state index contributed by atoms with van der Waals surface area (Å²) in [4.78, 5) is 0. The van der Waals surface area contributed by atoms with Crippen molar-refractivity contribution in [2.75, 3.05) is 0 Å². The maximum atomic E-state index is 4.35. The summed E-state index contributed by atoms with van der Waals surface area (Å²) in [5, 5.41) is 2.74. The third-order valence-corrected chi connectivity index (χ3v) is 10.1. The van der Waals surface area contributed by atoms with Crippen molar-refractivity contribution < 1.29 is 0 Å². The minimum Gasteiger partial charge on any atom is -0.0987 e. The van der Waals surface area contributed by atoms with Gasteiger partial charge in [-0.05, 0) is 81.7 Å². The first-order valence-electron chi connectivity index (χ1n) is 16.9. The van der Waals surface area contributed by atoms with Crippen LogP contribution in [0.15, 0.2) is 193 Å². The van der Waals surface area contributed by atoms with E-state index in [1.165, 1.54) is 55.0 Å². The number of fused-ring (bicyclic) bond motifs is 2. The fourth-order valence-electron chi connectivity index (χ4n) is 8.01. The van der Waals surface area contributed by atoms with Gasteiger partial charge in [0.2, 0.25) is 0 Å². The lowest BCUT2D eigenvalue weighted by Gasteiger charge is -2.40. The topological polar surface area (TPSA) is 0 Å². The first kappa shape index (κ1) is 30.5. The first-order chi connectivity index (χ1) is 23.2. The minimum absolute atomic E-state index is 0.274. The molecule has 0 aliphatic heterocycles. The Labute approximate surface area is 280 Å². The lowest BCUT2D eigenvalue weighted by atomic mass is 9.62. The fraction of sp³-hybridized carbons (Fsp3) is 0.149. The average molecular weight is 607 g/mol. The Balaban J connectivity index is 1.42. The van der Waals surface area contributed by atoms with Crippen LogP contribution in [-0.4, -0.2) is 0 Å². The van der Waals surface area contributed by atoms with E-state index < -0.39 is 5.41 Å². The summed E-state index contributed by atoms with van der Waals surface area (Å²) in [6.45, 7) is 8.58. The van der Waals surface area contributed by atoms with Crippen LogP contribution in [0.25, 0.3) is 11.1 Å². The molecule has 7 rings (SSSR count). The van der Waals surface area contributed by atoms with Crippen molar-refractivity contribution in [3.63, 3.8) is 0 Å². The number of hydrogen-bond donors (Lipinski definition) is 0. The van der Waals surface area contributed by atoms with Gasteiger partial charge in [0.25, 0.3) is 0 Å². The summed E-state index contributed by atoms with van der Waals surface area (Å²) in [7, 11) is 0. The molecule has 0 radical (unpaired) electrons. The van der Waals surface area contributed by atoms with Gasteiger partial charge in [0, 0.05) is 11.8 Å². The van der Waals surface area contributed by atoms with Gasteiger partial charge in [-0.3, -0.25) is 0 Å². The molecule has 0 saturated heterocycles. The molecule has 47 heavy (non-hydrogen) atoms. The highest BCUT2D eigenvalue weighted by atomic mass is 14.4. The average Bonchev–Trinajstić information content (AvgIpc) is 3.14. The quantitative estimate of drug-likeness (QED) is 0.175. The molecular weight excluding hydrogens is 565 g/mol. The van der Waals surface area contributed by atoms with Crippen LogP contribution in [0.4, 0.5) is 0 Å². The van der Waals surface area contributed by atoms with Crippen molar-refractivity contribution in [1.29, 1.82) is 0 Å². The lowest BCUT2D eigenvalue weighted by Crippen LogP contribution is -2.39. The molecule has 0 heterocycles. The molecular formula is C47H42. The maximum absolute atomic E-state index is 4.35. The van der Waals surface area contributed by atoms with E-state index in [4.69, 9.17) is 0 Å². The predicted octanol–water partition coefficient (Wildman–Crippen LogP) is 10.0. The molecule has 3 aliphatic carbocycles. The Bertz CT molecular complexity index is 2050. The molecule has 2 atom stereocenters. The highest BCUT2D eigenvalue weighted by molar-refractivity contribution is 5.83. The smallest absolute Gasteiger partial charge is 0.0698 e. The van der Waals surface area contributed by atoms with E-state index in [-0.39, 0.29) is 5.92 Å². The largest absolute Gasteiger partial charge is 0.0987 e. The summed E-state index contributed by atoms with van der Waals surface area (Å²) in [6.07, 6.45) is 24.8. The molecule has 0 fully saturated rings. The number of hydrogen-bond acceptors (Lipinski definition) is 0. The number of allylic oxidation sites excluding steroid dienone is 13. The Morgan fingerprint density at radius 1 is 0.766 bits per heavy atom. The predicted molar refractivity (Wildman–Crippen MR) is 200 cm³/mol. The Morgan fingerprint density at radius 3 is 2.00 bits per heavy atom. The Morgan fingerprint density at radius 2 is 1.40 bits per heavy atom. The fourth-order valence-corrected chi connectivity index (χ4v) is 8.01. The van der Waals surface area contributed by atoms with Crippen molar-refractivity contribution in [3.8, 4) is 0 Å². The molecule has 3 aliphatic rings. The van der Waals surface area contributed by atoms with Crippen LogP contribution in [0.5, 0.6) is 0 Å². The molecule has 0 saturated carbocycles. The minimum atomic E-state index is -0.498. The second kappa shape index (κ2) is 13.3. The molecule has 4 aromatic rings. The van der Waals surface area contributed by atoms with E-state index in [0.29, 0.717) is 5.92 Å². The molecule has 4 aromatic carbocycles.